The number of allylic oxidation sites excluding steroid dienone is 3. The van der Waals surface area contributed by atoms with Gasteiger partial charge in [0.05, 0.1) is 0 Å². The summed E-state index contributed by atoms with van der Waals surface area (Å²) in [5.74, 6) is 0.716. The van der Waals surface area contributed by atoms with Crippen LogP contribution in [0.15, 0.2) is 37.0 Å². The Bertz CT molecular complexity index is 170. The van der Waals surface area contributed by atoms with Gasteiger partial charge in [0.2, 0.25) is 0 Å². The summed E-state index contributed by atoms with van der Waals surface area (Å²) in [6.07, 6.45) is 6.56. The van der Waals surface area contributed by atoms with E-state index in [2.05, 4.69) is 33.6 Å². The van der Waals surface area contributed by atoms with Crippen molar-refractivity contribution in [3.63, 3.8) is 0 Å². The summed E-state index contributed by atoms with van der Waals surface area (Å²) in [4.78, 5) is 0. The van der Waals surface area contributed by atoms with Gasteiger partial charge in [0.15, 0.2) is 0 Å². The fourth-order valence-corrected chi connectivity index (χ4v) is 1.62. The van der Waals surface area contributed by atoms with Gasteiger partial charge in [-0.1, -0.05) is 17.2 Å². The van der Waals surface area contributed by atoms with E-state index in [4.69, 9.17) is 0 Å². The maximum Gasteiger partial charge on any atom is -0.0294 e. The molecule has 0 aliphatic carbocycles. The van der Waals surface area contributed by atoms with Crippen LogP contribution < -0.4 is 0 Å². The monoisotopic (exact) mass is 178 g/mol. The fraction of sp³-hybridized carbons (Fsp3) is 0.538. The van der Waals surface area contributed by atoms with Crippen LogP contribution >= 0.6 is 0 Å². The molecule has 0 aliphatic heterocycles. The average molecular weight is 178 g/mol. The van der Waals surface area contributed by atoms with Crippen LogP contribution in [0.4, 0.5) is 0 Å². The van der Waals surface area contributed by atoms with Crippen molar-refractivity contribution in [1.29, 1.82) is 0 Å². The van der Waals surface area contributed by atoms with Gasteiger partial charge in [-0.15, -0.1) is 19.7 Å². The van der Waals surface area contributed by atoms with Gasteiger partial charge in [-0.25, -0.2) is 0 Å². The summed E-state index contributed by atoms with van der Waals surface area (Å²) in [6.45, 7) is 15.8. The number of hydrogen-bond donors (Lipinski definition) is 0. The first-order valence-electron chi connectivity index (χ1n) is 4.96. The lowest BCUT2D eigenvalue weighted by molar-refractivity contribution is 0.482. The molecule has 0 heterocycles. The third-order valence-corrected chi connectivity index (χ3v) is 2.05. The molecule has 0 fully saturated rings. The van der Waals surface area contributed by atoms with Crippen molar-refractivity contribution in [2.24, 2.45) is 5.92 Å². The molecule has 0 heteroatoms. The summed E-state index contributed by atoms with van der Waals surface area (Å²) in [5.41, 5.74) is 2.55. The second-order valence-corrected chi connectivity index (χ2v) is 4.05. The van der Waals surface area contributed by atoms with Gasteiger partial charge in [0.1, 0.15) is 0 Å². The lowest BCUT2D eigenvalue weighted by Gasteiger charge is -2.15. The highest BCUT2D eigenvalue weighted by atomic mass is 14.1. The molecule has 0 atom stereocenters. The summed E-state index contributed by atoms with van der Waals surface area (Å²) in [5, 5.41) is 0. The molecule has 0 aromatic carbocycles. The Kier molecular flexibility index (Phi) is 6.30. The van der Waals surface area contributed by atoms with Crippen LogP contribution in [0.1, 0.15) is 39.5 Å². The van der Waals surface area contributed by atoms with E-state index in [1.165, 1.54) is 17.6 Å². The molecule has 0 unspecified atom stereocenters. The topological polar surface area (TPSA) is 0 Å². The van der Waals surface area contributed by atoms with Gasteiger partial charge in [0, 0.05) is 0 Å². The smallest absolute Gasteiger partial charge is 0.0294 e. The Labute approximate surface area is 83.0 Å². The average Bonchev–Trinajstić information content (AvgIpc) is 1.98. The summed E-state index contributed by atoms with van der Waals surface area (Å²) in [7, 11) is 0. The first-order valence-corrected chi connectivity index (χ1v) is 4.96. The van der Waals surface area contributed by atoms with Crippen LogP contribution in [0.2, 0.25) is 0 Å². The van der Waals surface area contributed by atoms with Crippen LogP contribution in [0, 0.1) is 5.92 Å². The SMILES string of the molecule is C=CCCC(CC(=C)C)CC(=C)C. The first-order chi connectivity index (χ1) is 6.06. The number of rotatable bonds is 7. The van der Waals surface area contributed by atoms with E-state index in [0.29, 0.717) is 5.92 Å². The minimum Gasteiger partial charge on any atom is -0.103 e. The number of hydrogen-bond acceptors (Lipinski definition) is 0. The minimum absolute atomic E-state index is 0.716. The maximum absolute atomic E-state index is 3.95. The van der Waals surface area contributed by atoms with Crippen molar-refractivity contribution >= 4 is 0 Å². The Morgan fingerprint density at radius 2 is 1.62 bits per heavy atom. The predicted octanol–water partition coefficient (Wildman–Crippen LogP) is 4.50. The normalized spacial score (nSPS) is 10.1. The molecule has 0 radical (unpaired) electrons. The second kappa shape index (κ2) is 6.71. The van der Waals surface area contributed by atoms with Crippen molar-refractivity contribution < 1.29 is 0 Å². The zero-order valence-electron chi connectivity index (χ0n) is 9.10. The van der Waals surface area contributed by atoms with E-state index in [-0.39, 0.29) is 0 Å². The third-order valence-electron chi connectivity index (χ3n) is 2.05. The molecule has 0 amide bonds. The third kappa shape index (κ3) is 7.58. The van der Waals surface area contributed by atoms with Gasteiger partial charge in [-0.2, -0.15) is 0 Å². The standard InChI is InChI=1S/C13H22/c1-6-7-8-13(9-11(2)3)10-12(4)5/h6,13H,1-2,4,7-10H2,3,5H3. The molecular formula is C13H22. The van der Waals surface area contributed by atoms with Crippen molar-refractivity contribution in [3.8, 4) is 0 Å². The molecule has 0 N–H and O–H groups in total. The van der Waals surface area contributed by atoms with E-state index < -0.39 is 0 Å². The predicted molar refractivity (Wildman–Crippen MR) is 61.8 cm³/mol. The Morgan fingerprint density at radius 3 is 1.92 bits per heavy atom. The first kappa shape index (κ1) is 12.2. The minimum atomic E-state index is 0.716. The maximum atomic E-state index is 3.95. The van der Waals surface area contributed by atoms with E-state index >= 15 is 0 Å². The van der Waals surface area contributed by atoms with Crippen LogP contribution in [0.3, 0.4) is 0 Å². The van der Waals surface area contributed by atoms with Gasteiger partial charge in [-0.05, 0) is 45.4 Å². The fourth-order valence-electron chi connectivity index (χ4n) is 1.62. The van der Waals surface area contributed by atoms with Crippen molar-refractivity contribution in [1.82, 2.24) is 0 Å². The Morgan fingerprint density at radius 1 is 1.15 bits per heavy atom. The molecule has 0 rings (SSSR count). The van der Waals surface area contributed by atoms with Gasteiger partial charge in [0.25, 0.3) is 0 Å². The molecule has 0 aromatic heterocycles. The summed E-state index contributed by atoms with van der Waals surface area (Å²) < 4.78 is 0. The van der Waals surface area contributed by atoms with E-state index in [1.807, 2.05) is 6.08 Å². The largest absolute Gasteiger partial charge is 0.103 e. The molecule has 0 saturated heterocycles. The molecular weight excluding hydrogens is 156 g/mol. The second-order valence-electron chi connectivity index (χ2n) is 4.05. The summed E-state index contributed by atoms with van der Waals surface area (Å²) >= 11 is 0. The molecule has 0 saturated carbocycles. The highest BCUT2D eigenvalue weighted by Crippen LogP contribution is 2.22. The van der Waals surface area contributed by atoms with Crippen LogP contribution in [-0.2, 0) is 0 Å². The van der Waals surface area contributed by atoms with Gasteiger partial charge >= 0.3 is 0 Å². The van der Waals surface area contributed by atoms with E-state index in [1.54, 1.807) is 0 Å². The van der Waals surface area contributed by atoms with Crippen molar-refractivity contribution in [2.45, 2.75) is 39.5 Å². The Hall–Kier alpha value is -0.780. The van der Waals surface area contributed by atoms with Crippen LogP contribution in [0.5, 0.6) is 0 Å². The molecule has 0 aromatic rings. The van der Waals surface area contributed by atoms with E-state index in [9.17, 15) is 0 Å². The molecule has 74 valence electrons. The quantitative estimate of drug-likeness (QED) is 0.503. The van der Waals surface area contributed by atoms with Crippen LogP contribution in [-0.4, -0.2) is 0 Å². The van der Waals surface area contributed by atoms with Crippen molar-refractivity contribution in [2.75, 3.05) is 0 Å². The lowest BCUT2D eigenvalue weighted by Crippen LogP contribution is -2.01. The molecule has 0 bridgehead atoms. The lowest BCUT2D eigenvalue weighted by atomic mass is 9.90. The molecule has 0 spiro atoms. The highest BCUT2D eigenvalue weighted by Gasteiger charge is 2.07. The highest BCUT2D eigenvalue weighted by molar-refractivity contribution is 4.97. The molecule has 0 aliphatic rings. The van der Waals surface area contributed by atoms with Crippen LogP contribution in [0.25, 0.3) is 0 Å². The van der Waals surface area contributed by atoms with Crippen molar-refractivity contribution in [3.05, 3.63) is 37.0 Å². The summed E-state index contributed by atoms with van der Waals surface area (Å²) in [6, 6.07) is 0. The zero-order chi connectivity index (χ0) is 10.3. The Balaban J connectivity index is 3.93. The van der Waals surface area contributed by atoms with Gasteiger partial charge in [-0.3, -0.25) is 0 Å². The van der Waals surface area contributed by atoms with E-state index in [0.717, 1.165) is 19.3 Å². The van der Waals surface area contributed by atoms with Gasteiger partial charge < -0.3 is 0 Å². The molecule has 13 heavy (non-hydrogen) atoms. The molecule has 0 nitrogen and oxygen atoms in total. The zero-order valence-corrected chi connectivity index (χ0v) is 9.10.